The number of hydrogen-bond donors (Lipinski definition) is 1. The van der Waals surface area contributed by atoms with Crippen LogP contribution in [0.25, 0.3) is 0 Å². The Bertz CT molecular complexity index is 752. The zero-order chi connectivity index (χ0) is 15.0. The Labute approximate surface area is 124 Å². The molecule has 106 valence electrons. The zero-order valence-electron chi connectivity index (χ0n) is 11.2. The molecule has 7 nitrogen and oxygen atoms in total. The number of nitrogens with zero attached hydrogens (tertiary/aromatic N) is 3. The van der Waals surface area contributed by atoms with Crippen molar-refractivity contribution in [2.75, 3.05) is 13.4 Å². The SMILES string of the molecule is COc1cc(SC)ccc1C1=NC2=NC(=O)NC(=O)C2=N1. The molecule has 0 aromatic heterocycles. The van der Waals surface area contributed by atoms with Gasteiger partial charge in [-0.3, -0.25) is 10.1 Å². The summed E-state index contributed by atoms with van der Waals surface area (Å²) in [4.78, 5) is 35.8. The number of thioether (sulfide) groups is 1. The summed E-state index contributed by atoms with van der Waals surface area (Å²) in [5, 5.41) is 2.07. The van der Waals surface area contributed by atoms with Gasteiger partial charge >= 0.3 is 6.03 Å². The summed E-state index contributed by atoms with van der Waals surface area (Å²) < 4.78 is 5.33. The lowest BCUT2D eigenvalue weighted by molar-refractivity contribution is -0.113. The average Bonchev–Trinajstić information content (AvgIpc) is 2.90. The fraction of sp³-hybridized carbons (Fsp3) is 0.154. The molecule has 2 heterocycles. The number of nitrogens with one attached hydrogen (secondary N) is 1. The van der Waals surface area contributed by atoms with Crippen molar-refractivity contribution in [3.05, 3.63) is 23.8 Å². The fourth-order valence-electron chi connectivity index (χ4n) is 1.95. The highest BCUT2D eigenvalue weighted by atomic mass is 32.2. The number of methoxy groups -OCH3 is 1. The van der Waals surface area contributed by atoms with Gasteiger partial charge in [0.1, 0.15) is 5.75 Å². The Balaban J connectivity index is 2.07. The van der Waals surface area contributed by atoms with Crippen LogP contribution >= 0.6 is 11.8 Å². The quantitative estimate of drug-likeness (QED) is 0.851. The number of aliphatic imine (C=N–C) groups is 3. The van der Waals surface area contributed by atoms with Crippen LogP contribution in [0.15, 0.2) is 38.1 Å². The normalized spacial score (nSPS) is 16.8. The Morgan fingerprint density at radius 1 is 1.14 bits per heavy atom. The van der Waals surface area contributed by atoms with Crippen molar-refractivity contribution in [2.45, 2.75) is 4.90 Å². The first-order chi connectivity index (χ1) is 10.1. The molecule has 1 aromatic carbocycles. The molecule has 0 atom stereocenters. The second-order valence-corrected chi connectivity index (χ2v) is 5.04. The van der Waals surface area contributed by atoms with Gasteiger partial charge in [-0.15, -0.1) is 11.8 Å². The van der Waals surface area contributed by atoms with Gasteiger partial charge in [-0.25, -0.2) is 14.8 Å². The van der Waals surface area contributed by atoms with E-state index in [4.69, 9.17) is 4.74 Å². The van der Waals surface area contributed by atoms with E-state index in [1.54, 1.807) is 18.9 Å². The number of benzene rings is 1. The molecule has 0 unspecified atom stereocenters. The van der Waals surface area contributed by atoms with Crippen molar-refractivity contribution >= 4 is 41.1 Å². The second-order valence-electron chi connectivity index (χ2n) is 4.16. The molecule has 2 aliphatic heterocycles. The van der Waals surface area contributed by atoms with Crippen LogP contribution in [0.5, 0.6) is 5.75 Å². The summed E-state index contributed by atoms with van der Waals surface area (Å²) in [6, 6.07) is 4.84. The van der Waals surface area contributed by atoms with Crippen molar-refractivity contribution < 1.29 is 14.3 Å². The summed E-state index contributed by atoms with van der Waals surface area (Å²) >= 11 is 1.58. The lowest BCUT2D eigenvalue weighted by atomic mass is 10.2. The molecule has 3 rings (SSSR count). The average molecular weight is 302 g/mol. The van der Waals surface area contributed by atoms with Crippen molar-refractivity contribution in [3.8, 4) is 5.75 Å². The first kappa shape index (κ1) is 13.5. The first-order valence-electron chi connectivity index (χ1n) is 5.96. The summed E-state index contributed by atoms with van der Waals surface area (Å²) in [6.45, 7) is 0. The van der Waals surface area contributed by atoms with Crippen molar-refractivity contribution in [2.24, 2.45) is 15.0 Å². The molecule has 1 N–H and O–H groups in total. The molecule has 0 spiro atoms. The van der Waals surface area contributed by atoms with Gasteiger partial charge in [0.2, 0.25) is 0 Å². The highest BCUT2D eigenvalue weighted by molar-refractivity contribution is 7.98. The minimum absolute atomic E-state index is 0.0368. The number of hydrogen-bond acceptors (Lipinski definition) is 6. The molecule has 0 aliphatic carbocycles. The van der Waals surface area contributed by atoms with E-state index in [9.17, 15) is 9.59 Å². The largest absolute Gasteiger partial charge is 0.496 e. The van der Waals surface area contributed by atoms with Crippen LogP contribution in [0.1, 0.15) is 5.56 Å². The highest BCUT2D eigenvalue weighted by Crippen LogP contribution is 2.27. The van der Waals surface area contributed by atoms with Gasteiger partial charge in [-0.1, -0.05) is 0 Å². The molecule has 2 aliphatic rings. The van der Waals surface area contributed by atoms with E-state index in [2.05, 4.69) is 20.3 Å². The molecule has 0 radical (unpaired) electrons. The molecular formula is C13H10N4O3S. The van der Waals surface area contributed by atoms with Gasteiger partial charge in [0.25, 0.3) is 5.91 Å². The predicted molar refractivity (Wildman–Crippen MR) is 79.7 cm³/mol. The van der Waals surface area contributed by atoms with Crippen LogP contribution in [0, 0.1) is 0 Å². The Morgan fingerprint density at radius 2 is 1.95 bits per heavy atom. The molecule has 21 heavy (non-hydrogen) atoms. The third-order valence-corrected chi connectivity index (χ3v) is 3.66. The standard InChI is InChI=1S/C13H10N4O3S/c1-20-8-5-6(21-2)3-4-7(8)10-14-9-11(15-10)16-13(19)17-12(9)18/h3-5H,1-2H3,(H,17,18,19). The summed E-state index contributed by atoms with van der Waals surface area (Å²) in [5.74, 6) is 0.340. The van der Waals surface area contributed by atoms with Crippen LogP contribution in [-0.2, 0) is 4.79 Å². The topological polar surface area (TPSA) is 92.5 Å². The zero-order valence-corrected chi connectivity index (χ0v) is 12.0. The van der Waals surface area contributed by atoms with Crippen LogP contribution in [-0.4, -0.2) is 42.7 Å². The number of imide groups is 1. The number of rotatable bonds is 3. The third kappa shape index (κ3) is 2.33. The van der Waals surface area contributed by atoms with Crippen molar-refractivity contribution in [1.29, 1.82) is 0 Å². The van der Waals surface area contributed by atoms with E-state index in [1.807, 2.05) is 24.5 Å². The second kappa shape index (κ2) is 5.13. The number of urea groups is 1. The Morgan fingerprint density at radius 3 is 2.67 bits per heavy atom. The lowest BCUT2D eigenvalue weighted by Gasteiger charge is -2.07. The number of fused-ring (bicyclic) bond motifs is 1. The van der Waals surface area contributed by atoms with Gasteiger partial charge in [0.05, 0.1) is 12.7 Å². The number of amides is 3. The van der Waals surface area contributed by atoms with E-state index in [0.717, 1.165) is 4.90 Å². The van der Waals surface area contributed by atoms with E-state index in [1.165, 1.54) is 0 Å². The van der Waals surface area contributed by atoms with Gasteiger partial charge < -0.3 is 4.74 Å². The van der Waals surface area contributed by atoms with Crippen LogP contribution < -0.4 is 10.1 Å². The van der Waals surface area contributed by atoms with Crippen LogP contribution in [0.2, 0.25) is 0 Å². The fourth-order valence-corrected chi connectivity index (χ4v) is 2.38. The molecular weight excluding hydrogens is 292 g/mol. The minimum atomic E-state index is -0.733. The maximum absolute atomic E-state index is 11.7. The Hall–Kier alpha value is -2.48. The minimum Gasteiger partial charge on any atom is -0.496 e. The van der Waals surface area contributed by atoms with Gasteiger partial charge in [-0.05, 0) is 24.5 Å². The molecule has 0 fully saturated rings. The van der Waals surface area contributed by atoms with E-state index in [-0.39, 0.29) is 11.5 Å². The molecule has 8 heteroatoms. The predicted octanol–water partition coefficient (Wildman–Crippen LogP) is 1.27. The number of carbonyl (C=O) groups excluding carboxylic acids is 2. The smallest absolute Gasteiger partial charge is 0.350 e. The van der Waals surface area contributed by atoms with Crippen LogP contribution in [0.4, 0.5) is 4.79 Å². The molecule has 0 saturated heterocycles. The van der Waals surface area contributed by atoms with Gasteiger partial charge in [-0.2, -0.15) is 4.99 Å². The van der Waals surface area contributed by atoms with Crippen molar-refractivity contribution in [1.82, 2.24) is 5.32 Å². The first-order valence-corrected chi connectivity index (χ1v) is 7.19. The molecule has 3 amide bonds. The van der Waals surface area contributed by atoms with Crippen molar-refractivity contribution in [3.63, 3.8) is 0 Å². The summed E-state index contributed by atoms with van der Waals surface area (Å²) in [7, 11) is 1.55. The molecule has 0 saturated carbocycles. The monoisotopic (exact) mass is 302 g/mol. The van der Waals surface area contributed by atoms with Gasteiger partial charge in [0, 0.05) is 4.90 Å². The van der Waals surface area contributed by atoms with E-state index < -0.39 is 11.9 Å². The summed E-state index contributed by atoms with van der Waals surface area (Å²) in [6.07, 6.45) is 1.96. The lowest BCUT2D eigenvalue weighted by Crippen LogP contribution is -2.41. The van der Waals surface area contributed by atoms with E-state index in [0.29, 0.717) is 17.1 Å². The van der Waals surface area contributed by atoms with Crippen LogP contribution in [0.3, 0.4) is 0 Å². The Kier molecular flexibility index (Phi) is 3.30. The highest BCUT2D eigenvalue weighted by Gasteiger charge is 2.32. The summed E-state index contributed by atoms with van der Waals surface area (Å²) in [5.41, 5.74) is 0.681. The number of ether oxygens (including phenoxy) is 1. The number of amidine groups is 2. The number of carbonyl (C=O) groups is 2. The maximum atomic E-state index is 11.7. The third-order valence-electron chi connectivity index (χ3n) is 2.93. The molecule has 1 aromatic rings. The molecule has 0 bridgehead atoms. The maximum Gasteiger partial charge on any atom is 0.350 e. The van der Waals surface area contributed by atoms with Gasteiger partial charge in [0.15, 0.2) is 17.4 Å². The van der Waals surface area contributed by atoms with E-state index >= 15 is 0 Å².